The molecule has 15 atom stereocenters. The molecule has 1 saturated carbocycles. The third-order valence-electron chi connectivity index (χ3n) is 8.16. The molecule has 3 rings (SSSR count). The quantitative estimate of drug-likeness (QED) is 0.0810. The number of rotatable bonds is 14. The number of aliphatic hydroxyl groups is 8. The topological polar surface area (TPSA) is 287 Å². The Balaban J connectivity index is 1.77. The van der Waals surface area contributed by atoms with Crippen molar-refractivity contribution in [2.45, 2.75) is 111 Å². The Morgan fingerprint density at radius 2 is 1.69 bits per heavy atom. The van der Waals surface area contributed by atoms with Crippen molar-refractivity contribution in [3.8, 4) is 0 Å². The van der Waals surface area contributed by atoms with Crippen molar-refractivity contribution in [3.05, 3.63) is 0 Å². The van der Waals surface area contributed by atoms with Crippen molar-refractivity contribution in [2.24, 2.45) is 11.5 Å². The van der Waals surface area contributed by atoms with E-state index in [-0.39, 0.29) is 39.3 Å². The normalized spacial score (nSPS) is 45.6. The third kappa shape index (κ3) is 8.52. The Kier molecular flexibility index (Phi) is 13.7. The third-order valence-corrected chi connectivity index (χ3v) is 8.16. The van der Waals surface area contributed by atoms with Crippen molar-refractivity contribution in [2.75, 3.05) is 46.4 Å². The van der Waals surface area contributed by atoms with Crippen LogP contribution in [0.4, 0.5) is 0 Å². The molecule has 3 fully saturated rings. The fraction of sp³-hybridized carbons (Fsp3) is 1.00. The summed E-state index contributed by atoms with van der Waals surface area (Å²) in [6, 6.07) is -2.34. The van der Waals surface area contributed by atoms with Crippen LogP contribution in [0.1, 0.15) is 19.8 Å². The number of aliphatic hydroxyl groups excluding tert-OH is 7. The van der Waals surface area contributed by atoms with E-state index in [0.29, 0.717) is 13.0 Å². The van der Waals surface area contributed by atoms with Crippen molar-refractivity contribution in [1.82, 2.24) is 16.0 Å². The summed E-state index contributed by atoms with van der Waals surface area (Å²) in [5, 5.41) is 92.4. The maximum atomic E-state index is 11.5. The van der Waals surface area contributed by atoms with E-state index in [1.165, 1.54) is 6.92 Å². The van der Waals surface area contributed by atoms with Crippen LogP contribution in [0.5, 0.6) is 0 Å². The fourth-order valence-electron chi connectivity index (χ4n) is 5.69. The van der Waals surface area contributed by atoms with Gasteiger partial charge in [-0.15, -0.1) is 0 Å². The van der Waals surface area contributed by atoms with Gasteiger partial charge in [0.15, 0.2) is 12.6 Å². The van der Waals surface area contributed by atoms with Gasteiger partial charge < -0.3 is 87.2 Å². The Morgan fingerprint density at radius 1 is 1.00 bits per heavy atom. The molecule has 1 aliphatic carbocycles. The Bertz CT molecular complexity index is 805. The molecule has 15 N–H and O–H groups in total. The number of nitrogens with two attached hydrogens (primary N) is 2. The molecule has 2 saturated heterocycles. The lowest BCUT2D eigenvalue weighted by molar-refractivity contribution is -0.331. The highest BCUT2D eigenvalue weighted by Gasteiger charge is 2.52. The van der Waals surface area contributed by atoms with Gasteiger partial charge >= 0.3 is 0 Å². The minimum atomic E-state index is -1.68. The first-order valence-electron chi connectivity index (χ1n) is 14.4. The van der Waals surface area contributed by atoms with Crippen LogP contribution in [0.3, 0.4) is 0 Å². The molecule has 0 spiro atoms. The summed E-state index contributed by atoms with van der Waals surface area (Å²) >= 11 is 0. The number of nitrogens with one attached hydrogen (secondary N) is 3. The highest BCUT2D eigenvalue weighted by Crippen LogP contribution is 2.32. The average molecular weight is 614 g/mol. The van der Waals surface area contributed by atoms with Crippen molar-refractivity contribution < 1.29 is 59.8 Å². The Labute approximate surface area is 245 Å². The number of likely N-dealkylation sites (N-methyl/N-ethyl adjacent to an activating group) is 1. The highest BCUT2D eigenvalue weighted by atomic mass is 16.7. The lowest BCUT2D eigenvalue weighted by Crippen LogP contribution is -2.69. The number of ether oxygens (including phenoxy) is 4. The Morgan fingerprint density at radius 3 is 2.33 bits per heavy atom. The highest BCUT2D eigenvalue weighted by molar-refractivity contribution is 5.03. The van der Waals surface area contributed by atoms with E-state index in [1.54, 1.807) is 7.05 Å². The summed E-state index contributed by atoms with van der Waals surface area (Å²) in [4.78, 5) is 0. The molecule has 17 heteroatoms. The standard InChI is InChI=1S/C25H51N5O12/c1-25(38)10-39-23(19(37)22(25)28-2)42-21-13(30-8-11(32)7-26)6-12(27)20(18(21)36)41-24-17(35)16(34)15(33)14(40-24)9-29-4-3-5-31/h11-24,28-38H,3-10,26-27H2,1-2H3/t11?,12-,13+,14+,15+,16-,17+,18-,19+,20?,21-,22+,23+,24+,25-/m0/s1. The van der Waals surface area contributed by atoms with Gasteiger partial charge in [0.05, 0.1) is 18.8 Å². The zero-order valence-electron chi connectivity index (χ0n) is 24.1. The second-order valence-corrected chi connectivity index (χ2v) is 11.6. The molecule has 0 aromatic heterocycles. The smallest absolute Gasteiger partial charge is 0.187 e. The lowest BCUT2D eigenvalue weighted by atomic mass is 9.83. The van der Waals surface area contributed by atoms with Gasteiger partial charge in [0, 0.05) is 38.3 Å². The lowest BCUT2D eigenvalue weighted by Gasteiger charge is -2.49. The van der Waals surface area contributed by atoms with Crippen LogP contribution in [-0.2, 0) is 18.9 Å². The van der Waals surface area contributed by atoms with E-state index in [9.17, 15) is 35.7 Å². The zero-order valence-corrected chi connectivity index (χ0v) is 24.1. The van der Waals surface area contributed by atoms with Crippen molar-refractivity contribution >= 4 is 0 Å². The molecule has 2 unspecified atom stereocenters. The van der Waals surface area contributed by atoms with Crippen LogP contribution in [0.25, 0.3) is 0 Å². The molecular formula is C25H51N5O12. The summed E-state index contributed by atoms with van der Waals surface area (Å²) < 4.78 is 23.4. The van der Waals surface area contributed by atoms with Crippen LogP contribution in [0.15, 0.2) is 0 Å². The van der Waals surface area contributed by atoms with Gasteiger partial charge in [0.2, 0.25) is 0 Å². The molecule has 17 nitrogen and oxygen atoms in total. The molecule has 0 bridgehead atoms. The van der Waals surface area contributed by atoms with E-state index in [4.69, 9.17) is 35.5 Å². The number of hydrogen-bond donors (Lipinski definition) is 13. The fourth-order valence-corrected chi connectivity index (χ4v) is 5.69. The largest absolute Gasteiger partial charge is 0.396 e. The SMILES string of the molecule is CN[C@@H]1[C@@H](O)[C@@H](O[C@H]2[C@H](NCC(O)CN)C[C@H](N)C(O[C@H]3O[C@H](CNCCCO)[C@@H](O)[C@H](O)[C@H]3O)[C@@H]2O)OC[C@]1(C)O. The predicted octanol–water partition coefficient (Wildman–Crippen LogP) is -7.04. The van der Waals surface area contributed by atoms with E-state index in [2.05, 4.69) is 16.0 Å². The molecule has 0 radical (unpaired) electrons. The second-order valence-electron chi connectivity index (χ2n) is 11.6. The van der Waals surface area contributed by atoms with Crippen LogP contribution in [0.2, 0.25) is 0 Å². The molecule has 0 aromatic rings. The van der Waals surface area contributed by atoms with E-state index in [0.717, 1.165) is 0 Å². The molecular weight excluding hydrogens is 562 g/mol. The van der Waals surface area contributed by atoms with Crippen molar-refractivity contribution in [3.63, 3.8) is 0 Å². The summed E-state index contributed by atoms with van der Waals surface area (Å²) in [5.74, 6) is 0. The maximum absolute atomic E-state index is 11.5. The van der Waals surface area contributed by atoms with Crippen LogP contribution in [0, 0.1) is 0 Å². The summed E-state index contributed by atoms with van der Waals surface area (Å²) in [6.45, 7) is 1.82. The van der Waals surface area contributed by atoms with Crippen LogP contribution >= 0.6 is 0 Å². The molecule has 0 aromatic carbocycles. The minimum absolute atomic E-state index is 0.0178. The molecule has 42 heavy (non-hydrogen) atoms. The first-order valence-corrected chi connectivity index (χ1v) is 14.4. The summed E-state index contributed by atoms with van der Waals surface area (Å²) in [6.07, 6.45) is -13.9. The minimum Gasteiger partial charge on any atom is -0.396 e. The summed E-state index contributed by atoms with van der Waals surface area (Å²) in [5.41, 5.74) is 10.5. The second kappa shape index (κ2) is 16.1. The van der Waals surface area contributed by atoms with Crippen molar-refractivity contribution in [1.29, 1.82) is 0 Å². The van der Waals surface area contributed by atoms with Crippen LogP contribution < -0.4 is 27.4 Å². The first kappa shape index (κ1) is 35.8. The molecule has 248 valence electrons. The predicted molar refractivity (Wildman–Crippen MR) is 146 cm³/mol. The van der Waals surface area contributed by atoms with Gasteiger partial charge in [-0.1, -0.05) is 0 Å². The van der Waals surface area contributed by atoms with Crippen LogP contribution in [-0.4, -0.2) is 179 Å². The van der Waals surface area contributed by atoms with Gasteiger partial charge in [-0.2, -0.15) is 0 Å². The van der Waals surface area contributed by atoms with E-state index >= 15 is 0 Å². The van der Waals surface area contributed by atoms with Gasteiger partial charge in [0.1, 0.15) is 54.4 Å². The van der Waals surface area contributed by atoms with E-state index in [1.807, 2.05) is 0 Å². The number of hydrogen-bond acceptors (Lipinski definition) is 17. The molecule has 2 aliphatic heterocycles. The molecule has 3 aliphatic rings. The molecule has 2 heterocycles. The van der Waals surface area contributed by atoms with E-state index < -0.39 is 91.2 Å². The monoisotopic (exact) mass is 613 g/mol. The van der Waals surface area contributed by atoms with Gasteiger partial charge in [-0.25, -0.2) is 0 Å². The average Bonchev–Trinajstić information content (AvgIpc) is 2.95. The summed E-state index contributed by atoms with van der Waals surface area (Å²) in [7, 11) is 1.57. The van der Waals surface area contributed by atoms with Gasteiger partial charge in [-0.05, 0) is 33.4 Å². The zero-order chi connectivity index (χ0) is 31.2. The first-order chi connectivity index (χ1) is 19.9. The maximum Gasteiger partial charge on any atom is 0.187 e. The molecule has 0 amide bonds. The Hall–Kier alpha value is -0.680. The van der Waals surface area contributed by atoms with Gasteiger partial charge in [-0.3, -0.25) is 0 Å². The van der Waals surface area contributed by atoms with Gasteiger partial charge in [0.25, 0.3) is 0 Å².